The van der Waals surface area contributed by atoms with Gasteiger partial charge in [0.1, 0.15) is 16.8 Å². The summed E-state index contributed by atoms with van der Waals surface area (Å²) in [6, 6.07) is 13.3. The van der Waals surface area contributed by atoms with Gasteiger partial charge in [-0.15, -0.1) is 0 Å². The predicted molar refractivity (Wildman–Crippen MR) is 121 cm³/mol. The summed E-state index contributed by atoms with van der Waals surface area (Å²) in [5.74, 6) is -0.276. The highest BCUT2D eigenvalue weighted by atomic mass is 16.6. The number of fused-ring (bicyclic) bond motifs is 1. The maximum atomic E-state index is 14.0. The number of carbonyl (C=O) groups is 3. The van der Waals surface area contributed by atoms with Crippen LogP contribution < -0.4 is 4.90 Å². The molecule has 1 aliphatic rings. The van der Waals surface area contributed by atoms with Gasteiger partial charge in [0.05, 0.1) is 5.69 Å². The van der Waals surface area contributed by atoms with Gasteiger partial charge in [0.15, 0.2) is 0 Å². The molecule has 0 N–H and O–H groups in total. The number of aryl methyl sites for hydroxylation is 2. The van der Waals surface area contributed by atoms with Crippen molar-refractivity contribution in [2.24, 2.45) is 0 Å². The van der Waals surface area contributed by atoms with Crippen molar-refractivity contribution in [3.8, 4) is 0 Å². The number of Topliss-reactive ketones (excluding diaryl/α,β-unsaturated/α-hetero) is 1. The molecule has 0 aliphatic carbocycles. The number of hydrogen-bond donors (Lipinski definition) is 0. The van der Waals surface area contributed by atoms with Crippen LogP contribution in [0.25, 0.3) is 0 Å². The van der Waals surface area contributed by atoms with Crippen LogP contribution in [0, 0.1) is 13.8 Å². The summed E-state index contributed by atoms with van der Waals surface area (Å²) >= 11 is 0. The summed E-state index contributed by atoms with van der Waals surface area (Å²) in [6.45, 7) is 11.1. The Labute approximate surface area is 184 Å². The molecule has 1 atom stereocenters. The number of anilines is 1. The van der Waals surface area contributed by atoms with Gasteiger partial charge in [-0.1, -0.05) is 54.4 Å². The van der Waals surface area contributed by atoms with Crippen LogP contribution in [0.15, 0.2) is 42.5 Å². The van der Waals surface area contributed by atoms with Crippen molar-refractivity contribution in [3.63, 3.8) is 0 Å². The molecule has 0 bridgehead atoms. The van der Waals surface area contributed by atoms with Crippen LogP contribution in [-0.4, -0.2) is 23.4 Å². The molecule has 0 spiro atoms. The van der Waals surface area contributed by atoms with Gasteiger partial charge in [0.2, 0.25) is 0 Å². The first-order valence-electron chi connectivity index (χ1n) is 10.8. The molecular weight excluding hydrogens is 390 g/mol. The van der Waals surface area contributed by atoms with Crippen LogP contribution in [0.5, 0.6) is 0 Å². The number of benzene rings is 2. The van der Waals surface area contributed by atoms with E-state index in [0.29, 0.717) is 18.5 Å². The van der Waals surface area contributed by atoms with E-state index in [1.807, 2.05) is 51.1 Å². The zero-order chi connectivity index (χ0) is 23.0. The van der Waals surface area contributed by atoms with Gasteiger partial charge in [-0.05, 0) is 58.2 Å². The number of nitrogens with zero attached hydrogens (tertiary/aromatic N) is 1. The number of ether oxygens (including phenoxy) is 1. The zero-order valence-electron chi connectivity index (χ0n) is 19.2. The minimum absolute atomic E-state index is 0.0877. The second kappa shape index (κ2) is 8.29. The van der Waals surface area contributed by atoms with Gasteiger partial charge in [-0.3, -0.25) is 9.59 Å². The Hall–Kier alpha value is -2.95. The average Bonchev–Trinajstić information content (AvgIpc) is 2.92. The zero-order valence-corrected chi connectivity index (χ0v) is 19.2. The van der Waals surface area contributed by atoms with E-state index in [2.05, 4.69) is 0 Å². The van der Waals surface area contributed by atoms with Gasteiger partial charge in [-0.2, -0.15) is 0 Å². The first-order chi connectivity index (χ1) is 14.5. The normalized spacial score (nSPS) is 18.1. The van der Waals surface area contributed by atoms with E-state index in [-0.39, 0.29) is 18.1 Å². The van der Waals surface area contributed by atoms with Crippen molar-refractivity contribution in [1.29, 1.82) is 0 Å². The standard InChI is InChI=1S/C26H31NO4/c1-7-20(28)12-13-26(19-15-17(2)14-18(3)16-19)21-10-8-9-11-22(21)27(23(26)29)24(30)31-25(4,5)6/h8-11,14-16H,7,12-13H2,1-6H3/t26-/m0/s1. The molecule has 5 heteroatoms. The van der Waals surface area contributed by atoms with E-state index in [1.54, 1.807) is 32.9 Å². The molecule has 0 unspecified atom stereocenters. The molecule has 0 aromatic heterocycles. The first-order valence-corrected chi connectivity index (χ1v) is 10.8. The van der Waals surface area contributed by atoms with Crippen LogP contribution in [-0.2, 0) is 19.7 Å². The lowest BCUT2D eigenvalue weighted by Gasteiger charge is -2.30. The summed E-state index contributed by atoms with van der Waals surface area (Å²) in [5, 5.41) is 0. The smallest absolute Gasteiger partial charge is 0.421 e. The highest BCUT2D eigenvalue weighted by molar-refractivity contribution is 6.22. The minimum Gasteiger partial charge on any atom is -0.443 e. The van der Waals surface area contributed by atoms with E-state index in [4.69, 9.17) is 4.74 Å². The summed E-state index contributed by atoms with van der Waals surface area (Å²) in [6.07, 6.45) is 0.274. The van der Waals surface area contributed by atoms with Gasteiger partial charge in [0.25, 0.3) is 5.91 Å². The molecule has 0 saturated carbocycles. The maximum Gasteiger partial charge on any atom is 0.421 e. The van der Waals surface area contributed by atoms with Crippen LogP contribution in [0.4, 0.5) is 10.5 Å². The molecule has 1 heterocycles. The third-order valence-corrected chi connectivity index (χ3v) is 5.64. The van der Waals surface area contributed by atoms with E-state index in [9.17, 15) is 14.4 Å². The second-order valence-corrected chi connectivity index (χ2v) is 9.31. The number of hydrogen-bond acceptors (Lipinski definition) is 4. The number of rotatable bonds is 5. The van der Waals surface area contributed by atoms with Gasteiger partial charge < -0.3 is 4.74 Å². The lowest BCUT2D eigenvalue weighted by atomic mass is 9.71. The molecular formula is C26H31NO4. The lowest BCUT2D eigenvalue weighted by Crippen LogP contribution is -2.46. The van der Waals surface area contributed by atoms with Crippen molar-refractivity contribution < 1.29 is 19.1 Å². The number of ketones is 1. The van der Waals surface area contributed by atoms with Crippen molar-refractivity contribution in [2.45, 2.75) is 71.8 Å². The van der Waals surface area contributed by atoms with Crippen molar-refractivity contribution in [1.82, 2.24) is 0 Å². The molecule has 5 nitrogen and oxygen atoms in total. The summed E-state index contributed by atoms with van der Waals surface area (Å²) in [5.41, 5.74) is 2.25. The largest absolute Gasteiger partial charge is 0.443 e. The molecule has 3 rings (SSSR count). The van der Waals surface area contributed by atoms with Gasteiger partial charge in [-0.25, -0.2) is 9.69 Å². The monoisotopic (exact) mass is 421 g/mol. The highest BCUT2D eigenvalue weighted by Crippen LogP contribution is 2.49. The Bertz CT molecular complexity index is 1010. The molecule has 0 saturated heterocycles. The summed E-state index contributed by atoms with van der Waals surface area (Å²) in [7, 11) is 0. The van der Waals surface area contributed by atoms with E-state index in [1.165, 1.54) is 0 Å². The van der Waals surface area contributed by atoms with Crippen LogP contribution in [0.3, 0.4) is 0 Å². The SMILES string of the molecule is CCC(=O)CC[C@@]1(c2cc(C)cc(C)c2)C(=O)N(C(=O)OC(C)(C)C)c2ccccc21. The maximum absolute atomic E-state index is 14.0. The van der Waals surface area contributed by atoms with Crippen LogP contribution in [0.2, 0.25) is 0 Å². The third kappa shape index (κ3) is 4.27. The van der Waals surface area contributed by atoms with Gasteiger partial charge in [0, 0.05) is 12.8 Å². The Balaban J connectivity index is 2.23. The van der Waals surface area contributed by atoms with Gasteiger partial charge >= 0.3 is 6.09 Å². The van der Waals surface area contributed by atoms with Crippen molar-refractivity contribution >= 4 is 23.5 Å². The van der Waals surface area contributed by atoms with Crippen molar-refractivity contribution in [2.75, 3.05) is 4.90 Å². The topological polar surface area (TPSA) is 63.7 Å². The van der Waals surface area contributed by atoms with Crippen LogP contribution >= 0.6 is 0 Å². The predicted octanol–water partition coefficient (Wildman–Crippen LogP) is 5.63. The molecule has 2 aromatic rings. The second-order valence-electron chi connectivity index (χ2n) is 9.31. The third-order valence-electron chi connectivity index (χ3n) is 5.64. The molecule has 2 amide bonds. The summed E-state index contributed by atoms with van der Waals surface area (Å²) < 4.78 is 5.57. The molecule has 0 radical (unpaired) electrons. The van der Waals surface area contributed by atoms with Crippen LogP contribution in [0.1, 0.15) is 69.2 Å². The van der Waals surface area contributed by atoms with E-state index in [0.717, 1.165) is 27.2 Å². The lowest BCUT2D eigenvalue weighted by molar-refractivity contribution is -0.122. The average molecular weight is 422 g/mol. The highest BCUT2D eigenvalue weighted by Gasteiger charge is 2.54. The Morgan fingerprint density at radius 2 is 1.65 bits per heavy atom. The first kappa shape index (κ1) is 22.7. The molecule has 2 aromatic carbocycles. The molecule has 1 aliphatic heterocycles. The van der Waals surface area contributed by atoms with E-state index < -0.39 is 17.1 Å². The molecule has 164 valence electrons. The number of para-hydroxylation sites is 1. The fraction of sp³-hybridized carbons (Fsp3) is 0.423. The minimum atomic E-state index is -1.12. The summed E-state index contributed by atoms with van der Waals surface area (Å²) in [4.78, 5) is 40.6. The fourth-order valence-electron chi connectivity index (χ4n) is 4.32. The number of imide groups is 1. The van der Waals surface area contributed by atoms with Crippen molar-refractivity contribution in [3.05, 3.63) is 64.7 Å². The number of amides is 2. The molecule has 0 fully saturated rings. The number of carbonyl (C=O) groups excluding carboxylic acids is 3. The van der Waals surface area contributed by atoms with E-state index >= 15 is 0 Å². The Kier molecular flexibility index (Phi) is 6.08. The Morgan fingerprint density at radius 3 is 2.23 bits per heavy atom. The molecule has 31 heavy (non-hydrogen) atoms. The fourth-order valence-corrected chi connectivity index (χ4v) is 4.32. The Morgan fingerprint density at radius 1 is 1.03 bits per heavy atom. The quantitative estimate of drug-likeness (QED) is 0.628.